The molecule has 2 heterocycles. The molecule has 0 fully saturated rings. The van der Waals surface area contributed by atoms with E-state index < -0.39 is 0 Å². The fourth-order valence-corrected chi connectivity index (χ4v) is 2.44. The van der Waals surface area contributed by atoms with Crippen molar-refractivity contribution in [3.05, 3.63) is 53.7 Å². The number of aromatic nitrogens is 2. The van der Waals surface area contributed by atoms with Crippen molar-refractivity contribution >= 4 is 33.3 Å². The van der Waals surface area contributed by atoms with Gasteiger partial charge in [-0.3, -0.25) is 4.79 Å². The maximum atomic E-state index is 12.0. The lowest BCUT2D eigenvalue weighted by Gasteiger charge is -1.99. The summed E-state index contributed by atoms with van der Waals surface area (Å²) in [6.07, 6.45) is 1.63. The first-order valence-electron chi connectivity index (χ1n) is 5.41. The molecule has 3 aromatic rings. The van der Waals surface area contributed by atoms with Gasteiger partial charge < -0.3 is 5.32 Å². The lowest BCUT2D eigenvalue weighted by Crippen LogP contribution is -2.12. The van der Waals surface area contributed by atoms with E-state index in [-0.39, 0.29) is 5.91 Å². The molecule has 1 aromatic carbocycles. The molecule has 0 saturated carbocycles. The van der Waals surface area contributed by atoms with E-state index >= 15 is 0 Å². The Morgan fingerprint density at radius 3 is 2.72 bits per heavy atom. The topological polar surface area (TPSA) is 54.9 Å². The normalized spacial score (nSPS) is 10.4. The summed E-state index contributed by atoms with van der Waals surface area (Å²) in [7, 11) is 0. The second-order valence-corrected chi connectivity index (χ2v) is 4.69. The highest BCUT2D eigenvalue weighted by atomic mass is 32.1. The highest BCUT2D eigenvalue weighted by Crippen LogP contribution is 2.21. The van der Waals surface area contributed by atoms with E-state index in [1.807, 2.05) is 30.3 Å². The van der Waals surface area contributed by atoms with E-state index in [2.05, 4.69) is 15.3 Å². The molecule has 0 unspecified atom stereocenters. The first-order chi connectivity index (χ1) is 8.83. The van der Waals surface area contributed by atoms with Gasteiger partial charge in [-0.15, -0.1) is 11.3 Å². The summed E-state index contributed by atoms with van der Waals surface area (Å²) < 4.78 is 1.00. The van der Waals surface area contributed by atoms with Crippen LogP contribution < -0.4 is 5.32 Å². The summed E-state index contributed by atoms with van der Waals surface area (Å²) in [6, 6.07) is 13.0. The Hall–Kier alpha value is -2.27. The van der Waals surface area contributed by atoms with Crippen LogP contribution in [0.25, 0.3) is 10.2 Å². The van der Waals surface area contributed by atoms with Gasteiger partial charge in [0.15, 0.2) is 5.01 Å². The Kier molecular flexibility index (Phi) is 2.74. The molecule has 1 N–H and O–H groups in total. The number of rotatable bonds is 2. The molecule has 5 heteroatoms. The highest BCUT2D eigenvalue weighted by Gasteiger charge is 2.12. The zero-order chi connectivity index (χ0) is 12.4. The van der Waals surface area contributed by atoms with Gasteiger partial charge in [-0.2, -0.15) is 0 Å². The Morgan fingerprint density at radius 2 is 1.94 bits per heavy atom. The summed E-state index contributed by atoms with van der Waals surface area (Å²) in [4.78, 5) is 20.3. The van der Waals surface area contributed by atoms with E-state index in [0.717, 1.165) is 10.2 Å². The third-order valence-electron chi connectivity index (χ3n) is 2.39. The third kappa shape index (κ3) is 2.08. The maximum absolute atomic E-state index is 12.0. The van der Waals surface area contributed by atoms with Crippen molar-refractivity contribution in [2.24, 2.45) is 0 Å². The second kappa shape index (κ2) is 4.54. The average Bonchev–Trinajstić information content (AvgIpc) is 2.84. The fraction of sp³-hybridized carbons (Fsp3) is 0. The van der Waals surface area contributed by atoms with E-state index in [1.165, 1.54) is 11.3 Å². The molecule has 0 radical (unpaired) electrons. The lowest BCUT2D eigenvalue weighted by molar-refractivity contribution is 0.102. The van der Waals surface area contributed by atoms with Gasteiger partial charge in [0.1, 0.15) is 5.82 Å². The number of hydrogen-bond donors (Lipinski definition) is 1. The van der Waals surface area contributed by atoms with Crippen molar-refractivity contribution in [3.8, 4) is 0 Å². The minimum Gasteiger partial charge on any atom is -0.304 e. The SMILES string of the molecule is O=C(Nc1ccccn1)c1nc2ccccc2s1. The average molecular weight is 255 g/mol. The number of pyridine rings is 1. The van der Waals surface area contributed by atoms with Crippen LogP contribution in [-0.4, -0.2) is 15.9 Å². The number of carbonyl (C=O) groups is 1. The molecule has 0 spiro atoms. The quantitative estimate of drug-likeness (QED) is 0.766. The van der Waals surface area contributed by atoms with Crippen molar-refractivity contribution in [2.75, 3.05) is 5.32 Å². The highest BCUT2D eigenvalue weighted by molar-refractivity contribution is 7.20. The number of fused-ring (bicyclic) bond motifs is 1. The van der Waals surface area contributed by atoms with E-state index in [9.17, 15) is 4.79 Å². The molecule has 0 atom stereocenters. The van der Waals surface area contributed by atoms with Crippen LogP contribution in [0, 0.1) is 0 Å². The zero-order valence-corrected chi connectivity index (χ0v) is 10.1. The lowest BCUT2D eigenvalue weighted by atomic mass is 10.3. The minimum absolute atomic E-state index is 0.227. The molecule has 0 bridgehead atoms. The van der Waals surface area contributed by atoms with Gasteiger partial charge in [0.2, 0.25) is 0 Å². The van der Waals surface area contributed by atoms with Crippen molar-refractivity contribution in [1.82, 2.24) is 9.97 Å². The number of amides is 1. The number of hydrogen-bond acceptors (Lipinski definition) is 4. The van der Waals surface area contributed by atoms with Crippen LogP contribution in [0.15, 0.2) is 48.7 Å². The van der Waals surface area contributed by atoms with Crippen LogP contribution in [0.3, 0.4) is 0 Å². The third-order valence-corrected chi connectivity index (χ3v) is 3.43. The zero-order valence-electron chi connectivity index (χ0n) is 9.33. The standard InChI is InChI=1S/C13H9N3OS/c17-12(16-11-7-3-4-8-14-11)13-15-9-5-1-2-6-10(9)18-13/h1-8H,(H,14,16,17). The summed E-state index contributed by atoms with van der Waals surface area (Å²) in [6.45, 7) is 0. The number of carbonyl (C=O) groups excluding carboxylic acids is 1. The van der Waals surface area contributed by atoms with Gasteiger partial charge in [0.05, 0.1) is 10.2 Å². The van der Waals surface area contributed by atoms with Gasteiger partial charge in [-0.25, -0.2) is 9.97 Å². The summed E-state index contributed by atoms with van der Waals surface area (Å²) in [5.74, 6) is 0.302. The van der Waals surface area contributed by atoms with Crippen molar-refractivity contribution in [1.29, 1.82) is 0 Å². The van der Waals surface area contributed by atoms with Crippen molar-refractivity contribution in [3.63, 3.8) is 0 Å². The molecule has 0 saturated heterocycles. The van der Waals surface area contributed by atoms with Crippen LogP contribution in [0.1, 0.15) is 9.80 Å². The van der Waals surface area contributed by atoms with Crippen LogP contribution in [0.5, 0.6) is 0 Å². The molecule has 4 nitrogen and oxygen atoms in total. The van der Waals surface area contributed by atoms with E-state index in [0.29, 0.717) is 10.8 Å². The van der Waals surface area contributed by atoms with Gasteiger partial charge in [0.25, 0.3) is 5.91 Å². The maximum Gasteiger partial charge on any atom is 0.285 e. The number of thiazole rings is 1. The number of anilines is 1. The molecule has 18 heavy (non-hydrogen) atoms. The predicted molar refractivity (Wildman–Crippen MR) is 71.8 cm³/mol. The molecule has 0 aliphatic rings. The molecule has 2 aromatic heterocycles. The van der Waals surface area contributed by atoms with E-state index in [4.69, 9.17) is 0 Å². The van der Waals surface area contributed by atoms with Crippen LogP contribution in [0.4, 0.5) is 5.82 Å². The molecule has 1 amide bonds. The van der Waals surface area contributed by atoms with Crippen LogP contribution >= 0.6 is 11.3 Å². The Morgan fingerprint density at radius 1 is 1.11 bits per heavy atom. The summed E-state index contributed by atoms with van der Waals surface area (Å²) in [5.41, 5.74) is 0.841. The van der Waals surface area contributed by atoms with Gasteiger partial charge in [0, 0.05) is 6.20 Å². The van der Waals surface area contributed by atoms with Crippen molar-refractivity contribution < 1.29 is 4.79 Å². The summed E-state index contributed by atoms with van der Waals surface area (Å²) in [5, 5.41) is 3.16. The Labute approximate surface area is 107 Å². The monoisotopic (exact) mass is 255 g/mol. The fourth-order valence-electron chi connectivity index (χ4n) is 1.58. The summed E-state index contributed by atoms with van der Waals surface area (Å²) >= 11 is 1.37. The van der Waals surface area contributed by atoms with Crippen LogP contribution in [0.2, 0.25) is 0 Å². The molecule has 88 valence electrons. The molecular weight excluding hydrogens is 246 g/mol. The number of benzene rings is 1. The predicted octanol–water partition coefficient (Wildman–Crippen LogP) is 2.94. The Balaban J connectivity index is 1.88. The van der Waals surface area contributed by atoms with Crippen molar-refractivity contribution in [2.45, 2.75) is 0 Å². The number of nitrogens with zero attached hydrogens (tertiary/aromatic N) is 2. The molecule has 3 rings (SSSR count). The van der Waals surface area contributed by atoms with Gasteiger partial charge in [-0.05, 0) is 24.3 Å². The second-order valence-electron chi connectivity index (χ2n) is 3.66. The van der Waals surface area contributed by atoms with Gasteiger partial charge in [-0.1, -0.05) is 18.2 Å². The molecule has 0 aliphatic carbocycles. The van der Waals surface area contributed by atoms with Crippen LogP contribution in [-0.2, 0) is 0 Å². The first-order valence-corrected chi connectivity index (χ1v) is 6.22. The van der Waals surface area contributed by atoms with E-state index in [1.54, 1.807) is 18.3 Å². The largest absolute Gasteiger partial charge is 0.304 e. The molecular formula is C13H9N3OS. The molecule has 0 aliphatic heterocycles. The minimum atomic E-state index is -0.227. The van der Waals surface area contributed by atoms with Gasteiger partial charge >= 0.3 is 0 Å². The number of para-hydroxylation sites is 1. The Bertz CT molecular complexity index is 661. The smallest absolute Gasteiger partial charge is 0.285 e. The first kappa shape index (κ1) is 10.9. The number of nitrogens with one attached hydrogen (secondary N) is 1.